The van der Waals surface area contributed by atoms with Gasteiger partial charge in [0.15, 0.2) is 23.1 Å². The minimum atomic E-state index is -1.59. The van der Waals surface area contributed by atoms with Gasteiger partial charge in [0.2, 0.25) is 11.5 Å². The molecule has 2 fully saturated rings. The van der Waals surface area contributed by atoms with Crippen LogP contribution >= 0.6 is 0 Å². The number of nitrogens with zero attached hydrogens (tertiary/aromatic N) is 4. The Labute approximate surface area is 242 Å². The molecular weight excluding hydrogens is 536 g/mol. The number of nitrogens with two attached hydrogens (primary N) is 1. The van der Waals surface area contributed by atoms with Crippen LogP contribution in [0.25, 0.3) is 11.2 Å². The van der Waals surface area contributed by atoms with Gasteiger partial charge < -0.3 is 25.3 Å². The number of nitrogens with one attached hydrogen (secondary N) is 1. The maximum absolute atomic E-state index is 13.2. The summed E-state index contributed by atoms with van der Waals surface area (Å²) in [6.07, 6.45) is 8.10. The number of nitrogen functional groups attached to an aromatic ring is 1. The molecule has 0 bridgehead atoms. The molecule has 214 valence electrons. The summed E-state index contributed by atoms with van der Waals surface area (Å²) in [5.41, 5.74) is 8.13. The molecule has 3 atom stereocenters. The number of anilines is 2. The van der Waals surface area contributed by atoms with E-state index in [1.54, 1.807) is 35.2 Å². The molecule has 0 spiro atoms. The molecule has 0 radical (unpaired) electrons. The summed E-state index contributed by atoms with van der Waals surface area (Å²) in [6, 6.07) is 14.3. The van der Waals surface area contributed by atoms with E-state index < -0.39 is 29.9 Å². The fourth-order valence-electron chi connectivity index (χ4n) is 4.85. The lowest BCUT2D eigenvalue weighted by molar-refractivity contribution is -0.0967. The van der Waals surface area contributed by atoms with E-state index in [2.05, 4.69) is 26.2 Å². The van der Waals surface area contributed by atoms with Crippen molar-refractivity contribution in [1.82, 2.24) is 19.5 Å². The lowest BCUT2D eigenvalue weighted by Crippen LogP contribution is -2.45. The van der Waals surface area contributed by atoms with Gasteiger partial charge in [-0.25, -0.2) is 14.6 Å². The van der Waals surface area contributed by atoms with Crippen LogP contribution in [0.3, 0.4) is 0 Å². The lowest BCUT2D eigenvalue weighted by atomic mass is 9.98. The molecule has 2 aromatic carbocycles. The molecule has 42 heavy (non-hydrogen) atoms. The zero-order valence-electron chi connectivity index (χ0n) is 23.2. The second-order valence-corrected chi connectivity index (χ2v) is 10.7. The molecule has 1 aliphatic heterocycles. The van der Waals surface area contributed by atoms with Gasteiger partial charge in [-0.2, -0.15) is 9.97 Å². The molecule has 2 aromatic heterocycles. The molecule has 4 aromatic rings. The number of rotatable bonds is 8. The van der Waals surface area contributed by atoms with Crippen molar-refractivity contribution in [3.8, 4) is 12.3 Å². The summed E-state index contributed by atoms with van der Waals surface area (Å²) in [4.78, 5) is 39.3. The third-order valence-electron chi connectivity index (χ3n) is 7.44. The summed E-state index contributed by atoms with van der Waals surface area (Å²) in [6.45, 7) is 3.50. The Bertz CT molecular complexity index is 1690. The highest BCUT2D eigenvalue weighted by atomic mass is 16.6. The molecule has 1 saturated carbocycles. The predicted molar refractivity (Wildman–Crippen MR) is 155 cm³/mol. The van der Waals surface area contributed by atoms with Crippen molar-refractivity contribution in [2.45, 2.75) is 57.1 Å². The van der Waals surface area contributed by atoms with Crippen LogP contribution in [0.2, 0.25) is 0 Å². The van der Waals surface area contributed by atoms with Crippen LogP contribution in [0.5, 0.6) is 0 Å². The molecule has 11 heteroatoms. The van der Waals surface area contributed by atoms with Crippen molar-refractivity contribution >= 4 is 34.9 Å². The number of hydrogen-bond donors (Lipinski definition) is 2. The van der Waals surface area contributed by atoms with Gasteiger partial charge in [0.1, 0.15) is 12.8 Å². The van der Waals surface area contributed by atoms with Gasteiger partial charge in [0, 0.05) is 12.5 Å². The Kier molecular flexibility index (Phi) is 7.00. The number of aromatic nitrogens is 4. The Balaban J connectivity index is 1.31. The topological polar surface area (TPSA) is 143 Å². The smallest absolute Gasteiger partial charge is 0.338 e. The standard InChI is InChI=1S/C31H30N6O5/c1-4-31(16-40-28(38)20-9-5-18(2)6-10-20)23(41-29(39)21-11-7-19(3)8-12-21)15-24(42-31)37-17-33-25-26(34-22-13-14-22)35-30(32)36-27(25)37/h1,5-12,17,22-24H,13-16H2,2-3H3,(H3,32,34,35,36)/t23-,24+,31+/m0/s1. The SMILES string of the molecule is C#C[C@]1(COC(=O)c2ccc(C)cc2)O[C@@H](n2cnc3c(NC4CC4)nc(N)nc32)C[C@@H]1OC(=O)c1ccc(C)cc1. The summed E-state index contributed by atoms with van der Waals surface area (Å²) in [7, 11) is 0. The summed E-state index contributed by atoms with van der Waals surface area (Å²) in [5.74, 6) is 2.08. The normalized spacial score (nSPS) is 21.5. The minimum absolute atomic E-state index is 0.0722. The summed E-state index contributed by atoms with van der Waals surface area (Å²) < 4.78 is 19.7. The van der Waals surface area contributed by atoms with E-state index in [9.17, 15) is 9.59 Å². The number of fused-ring (bicyclic) bond motifs is 1. The van der Waals surface area contributed by atoms with Gasteiger partial charge in [0.25, 0.3) is 0 Å². The fourth-order valence-corrected chi connectivity index (χ4v) is 4.85. The zero-order chi connectivity index (χ0) is 29.4. The third-order valence-corrected chi connectivity index (χ3v) is 7.44. The first-order valence-electron chi connectivity index (χ1n) is 13.7. The molecule has 6 rings (SSSR count). The maximum Gasteiger partial charge on any atom is 0.338 e. The van der Waals surface area contributed by atoms with Gasteiger partial charge in [-0.1, -0.05) is 41.3 Å². The molecular formula is C31H30N6O5. The highest BCUT2D eigenvalue weighted by Gasteiger charge is 2.52. The van der Waals surface area contributed by atoms with Crippen LogP contribution in [0.1, 0.15) is 57.3 Å². The van der Waals surface area contributed by atoms with E-state index in [4.69, 9.17) is 26.4 Å². The summed E-state index contributed by atoms with van der Waals surface area (Å²) in [5, 5.41) is 3.33. The van der Waals surface area contributed by atoms with Crippen LogP contribution in [0, 0.1) is 26.2 Å². The average molecular weight is 567 g/mol. The first kappa shape index (κ1) is 27.2. The number of hydrogen-bond acceptors (Lipinski definition) is 10. The minimum Gasteiger partial charge on any atom is -0.458 e. The Hall–Kier alpha value is -4.95. The highest BCUT2D eigenvalue weighted by Crippen LogP contribution is 2.41. The van der Waals surface area contributed by atoms with Crippen LogP contribution in [-0.4, -0.2) is 55.8 Å². The van der Waals surface area contributed by atoms with E-state index in [0.29, 0.717) is 34.2 Å². The van der Waals surface area contributed by atoms with Gasteiger partial charge in [-0.05, 0) is 51.0 Å². The van der Waals surface area contributed by atoms with Crippen molar-refractivity contribution in [3.63, 3.8) is 0 Å². The number of terminal acetylenes is 1. The monoisotopic (exact) mass is 566 g/mol. The molecule has 2 aliphatic rings. The van der Waals surface area contributed by atoms with E-state index in [-0.39, 0.29) is 19.0 Å². The summed E-state index contributed by atoms with van der Waals surface area (Å²) >= 11 is 0. The Morgan fingerprint density at radius 1 is 1.07 bits per heavy atom. The van der Waals surface area contributed by atoms with Crippen LogP contribution < -0.4 is 11.1 Å². The quantitative estimate of drug-likeness (QED) is 0.237. The molecule has 11 nitrogen and oxygen atoms in total. The average Bonchev–Trinajstić information content (AvgIpc) is 3.58. The number of esters is 2. The maximum atomic E-state index is 13.2. The van der Waals surface area contributed by atoms with Crippen LogP contribution in [0.15, 0.2) is 54.9 Å². The highest BCUT2D eigenvalue weighted by molar-refractivity contribution is 5.90. The second kappa shape index (κ2) is 10.8. The first-order chi connectivity index (χ1) is 20.2. The fraction of sp³-hybridized carbons (Fsp3) is 0.323. The molecule has 3 N–H and O–H groups in total. The predicted octanol–water partition coefficient (Wildman–Crippen LogP) is 3.97. The first-order valence-corrected chi connectivity index (χ1v) is 13.7. The molecule has 0 unspecified atom stereocenters. The largest absolute Gasteiger partial charge is 0.458 e. The Morgan fingerprint density at radius 3 is 2.33 bits per heavy atom. The number of carbonyl (C=O) groups excluding carboxylic acids is 2. The third kappa shape index (κ3) is 5.36. The number of benzene rings is 2. The van der Waals surface area contributed by atoms with Crippen molar-refractivity contribution in [3.05, 3.63) is 77.1 Å². The van der Waals surface area contributed by atoms with Crippen molar-refractivity contribution < 1.29 is 23.8 Å². The van der Waals surface area contributed by atoms with Gasteiger partial charge >= 0.3 is 11.9 Å². The van der Waals surface area contributed by atoms with Gasteiger partial charge in [0.05, 0.1) is 17.5 Å². The van der Waals surface area contributed by atoms with Crippen molar-refractivity contribution in [1.29, 1.82) is 0 Å². The number of ether oxygens (including phenoxy) is 3. The van der Waals surface area contributed by atoms with Crippen molar-refractivity contribution in [2.75, 3.05) is 17.7 Å². The number of imidazole rings is 1. The van der Waals surface area contributed by atoms with E-state index in [1.807, 2.05) is 38.1 Å². The number of carbonyl (C=O) groups is 2. The molecule has 1 saturated heterocycles. The van der Waals surface area contributed by atoms with Gasteiger partial charge in [-0.3, -0.25) is 4.57 Å². The molecule has 0 amide bonds. The van der Waals surface area contributed by atoms with Crippen molar-refractivity contribution in [2.24, 2.45) is 0 Å². The molecule has 1 aliphatic carbocycles. The van der Waals surface area contributed by atoms with Crippen LogP contribution in [0.4, 0.5) is 11.8 Å². The zero-order valence-corrected chi connectivity index (χ0v) is 23.2. The van der Waals surface area contributed by atoms with E-state index in [0.717, 1.165) is 24.0 Å². The molecule has 3 heterocycles. The number of aryl methyl sites for hydroxylation is 2. The van der Waals surface area contributed by atoms with Gasteiger partial charge in [-0.15, -0.1) is 6.42 Å². The van der Waals surface area contributed by atoms with Crippen LogP contribution in [-0.2, 0) is 14.2 Å². The Morgan fingerprint density at radius 2 is 1.71 bits per heavy atom. The van der Waals surface area contributed by atoms with E-state index in [1.165, 1.54) is 0 Å². The lowest BCUT2D eigenvalue weighted by Gasteiger charge is -2.28. The van der Waals surface area contributed by atoms with E-state index >= 15 is 0 Å². The second-order valence-electron chi connectivity index (χ2n) is 10.7.